The summed E-state index contributed by atoms with van der Waals surface area (Å²) in [5.74, 6) is 1.34. The van der Waals surface area contributed by atoms with Crippen LogP contribution in [0.2, 0.25) is 0 Å². The van der Waals surface area contributed by atoms with Crippen LogP contribution in [-0.2, 0) is 11.8 Å². The smallest absolute Gasteiger partial charge is 0.226 e. The van der Waals surface area contributed by atoms with Crippen molar-refractivity contribution in [3.05, 3.63) is 46.6 Å². The number of anilines is 1. The Morgan fingerprint density at radius 2 is 1.95 bits per heavy atom. The third-order valence-corrected chi connectivity index (χ3v) is 4.13. The Balaban J connectivity index is 2.16. The number of aryl methyl sites for hydroxylation is 2. The quantitative estimate of drug-likeness (QED) is 0.919. The van der Waals surface area contributed by atoms with Crippen molar-refractivity contribution in [2.75, 3.05) is 5.32 Å². The fraction of sp³-hybridized carbons (Fsp3) is 0.412. The van der Waals surface area contributed by atoms with Crippen LogP contribution in [0.25, 0.3) is 0 Å². The second-order valence-electron chi connectivity index (χ2n) is 6.14. The third kappa shape index (κ3) is 2.35. The van der Waals surface area contributed by atoms with Crippen molar-refractivity contribution in [3.63, 3.8) is 0 Å². The number of carbonyl (C=O) groups excluding carboxylic acids is 1. The first-order valence-corrected chi connectivity index (χ1v) is 7.40. The highest BCUT2D eigenvalue weighted by molar-refractivity contribution is 5.94. The standard InChI is InChI=1S/C17H21N3O/c1-10(2)16-15-13(12-7-5-11(3)6-8-12)9-14(21)18-17(15)20(4)19-16/h5-8,10,13H,9H2,1-4H3,(H,18,21). The fourth-order valence-corrected chi connectivity index (χ4v) is 3.03. The first-order valence-electron chi connectivity index (χ1n) is 7.40. The number of aromatic nitrogens is 2. The molecule has 4 heteroatoms. The molecule has 1 aromatic heterocycles. The van der Waals surface area contributed by atoms with E-state index in [1.165, 1.54) is 16.7 Å². The normalized spacial score (nSPS) is 17.8. The summed E-state index contributed by atoms with van der Waals surface area (Å²) in [4.78, 5) is 12.1. The van der Waals surface area contributed by atoms with E-state index < -0.39 is 0 Å². The molecule has 3 rings (SSSR count). The van der Waals surface area contributed by atoms with Gasteiger partial charge in [-0.3, -0.25) is 9.48 Å². The maximum Gasteiger partial charge on any atom is 0.226 e. The molecular weight excluding hydrogens is 262 g/mol. The van der Waals surface area contributed by atoms with Crippen molar-refractivity contribution in [1.82, 2.24) is 9.78 Å². The first kappa shape index (κ1) is 13.9. The van der Waals surface area contributed by atoms with E-state index in [1.54, 1.807) is 4.68 Å². The maximum absolute atomic E-state index is 12.1. The summed E-state index contributed by atoms with van der Waals surface area (Å²) in [7, 11) is 1.89. The number of benzene rings is 1. The molecule has 4 nitrogen and oxygen atoms in total. The second kappa shape index (κ2) is 5.02. The minimum atomic E-state index is 0.0615. The van der Waals surface area contributed by atoms with Gasteiger partial charge >= 0.3 is 0 Å². The van der Waals surface area contributed by atoms with Crippen LogP contribution in [0.1, 0.15) is 54.5 Å². The molecule has 0 fully saturated rings. The number of rotatable bonds is 2. The molecule has 2 heterocycles. The lowest BCUT2D eigenvalue weighted by atomic mass is 9.83. The zero-order valence-electron chi connectivity index (χ0n) is 13.0. The van der Waals surface area contributed by atoms with Gasteiger partial charge in [-0.25, -0.2) is 0 Å². The van der Waals surface area contributed by atoms with Crippen LogP contribution in [0.15, 0.2) is 24.3 Å². The molecule has 0 saturated carbocycles. The van der Waals surface area contributed by atoms with Gasteiger partial charge in [-0.05, 0) is 18.4 Å². The highest BCUT2D eigenvalue weighted by atomic mass is 16.1. The fourth-order valence-electron chi connectivity index (χ4n) is 3.03. The van der Waals surface area contributed by atoms with Gasteiger partial charge in [0.05, 0.1) is 5.69 Å². The molecule has 0 aliphatic carbocycles. The van der Waals surface area contributed by atoms with E-state index in [0.29, 0.717) is 12.3 Å². The monoisotopic (exact) mass is 283 g/mol. The number of hydrogen-bond acceptors (Lipinski definition) is 2. The lowest BCUT2D eigenvalue weighted by Gasteiger charge is -2.25. The van der Waals surface area contributed by atoms with Crippen LogP contribution < -0.4 is 5.32 Å². The first-order chi connectivity index (χ1) is 9.97. The Kier molecular flexibility index (Phi) is 3.32. The second-order valence-corrected chi connectivity index (χ2v) is 6.14. The van der Waals surface area contributed by atoms with E-state index >= 15 is 0 Å². The molecule has 1 unspecified atom stereocenters. The Bertz CT molecular complexity index is 683. The molecule has 1 aliphatic rings. The number of fused-ring (bicyclic) bond motifs is 1. The van der Waals surface area contributed by atoms with Gasteiger partial charge in [0.1, 0.15) is 5.82 Å². The Morgan fingerprint density at radius 3 is 2.57 bits per heavy atom. The zero-order chi connectivity index (χ0) is 15.1. The third-order valence-electron chi connectivity index (χ3n) is 4.13. The van der Waals surface area contributed by atoms with Crippen LogP contribution in [0, 0.1) is 6.92 Å². The minimum absolute atomic E-state index is 0.0615. The van der Waals surface area contributed by atoms with Crippen LogP contribution >= 0.6 is 0 Å². The summed E-state index contributed by atoms with van der Waals surface area (Å²) in [6.07, 6.45) is 0.488. The lowest BCUT2D eigenvalue weighted by molar-refractivity contribution is -0.116. The van der Waals surface area contributed by atoms with Gasteiger partial charge in [0.25, 0.3) is 0 Å². The van der Waals surface area contributed by atoms with Gasteiger partial charge in [-0.1, -0.05) is 43.7 Å². The van der Waals surface area contributed by atoms with Gasteiger partial charge in [0.15, 0.2) is 0 Å². The summed E-state index contributed by atoms with van der Waals surface area (Å²) < 4.78 is 1.79. The number of nitrogens with one attached hydrogen (secondary N) is 1. The maximum atomic E-state index is 12.1. The number of carbonyl (C=O) groups is 1. The van der Waals surface area contributed by atoms with Gasteiger partial charge in [0.2, 0.25) is 5.91 Å². The predicted molar refractivity (Wildman–Crippen MR) is 83.6 cm³/mol. The highest BCUT2D eigenvalue weighted by Crippen LogP contribution is 2.41. The molecule has 110 valence electrons. The van der Waals surface area contributed by atoms with Crippen molar-refractivity contribution in [1.29, 1.82) is 0 Å². The van der Waals surface area contributed by atoms with Gasteiger partial charge < -0.3 is 5.32 Å². The molecule has 1 amide bonds. The Morgan fingerprint density at radius 1 is 1.29 bits per heavy atom. The average Bonchev–Trinajstić information content (AvgIpc) is 2.77. The predicted octanol–water partition coefficient (Wildman–Crippen LogP) is 3.33. The van der Waals surface area contributed by atoms with Crippen molar-refractivity contribution < 1.29 is 4.79 Å². The average molecular weight is 283 g/mol. The summed E-state index contributed by atoms with van der Waals surface area (Å²) in [5, 5.41) is 7.60. The van der Waals surface area contributed by atoms with Crippen LogP contribution in [0.4, 0.5) is 5.82 Å². The number of hydrogen-bond donors (Lipinski definition) is 1. The van der Waals surface area contributed by atoms with Crippen molar-refractivity contribution in [2.24, 2.45) is 7.05 Å². The molecule has 1 aromatic carbocycles. The summed E-state index contributed by atoms with van der Waals surface area (Å²) >= 11 is 0. The summed E-state index contributed by atoms with van der Waals surface area (Å²) in [6, 6.07) is 8.46. The molecule has 1 atom stereocenters. The summed E-state index contributed by atoms with van der Waals surface area (Å²) in [5.41, 5.74) is 4.68. The molecule has 2 aromatic rings. The van der Waals surface area contributed by atoms with E-state index in [0.717, 1.165) is 11.5 Å². The molecule has 0 saturated heterocycles. The van der Waals surface area contributed by atoms with Gasteiger partial charge in [-0.2, -0.15) is 5.10 Å². The molecular formula is C17H21N3O. The SMILES string of the molecule is Cc1ccc(C2CC(=O)Nc3c2c(C(C)C)nn3C)cc1. The zero-order valence-corrected chi connectivity index (χ0v) is 13.0. The lowest BCUT2D eigenvalue weighted by Crippen LogP contribution is -2.25. The molecule has 0 radical (unpaired) electrons. The Hall–Kier alpha value is -2.10. The number of nitrogens with zero attached hydrogens (tertiary/aromatic N) is 2. The van der Waals surface area contributed by atoms with E-state index in [-0.39, 0.29) is 11.8 Å². The molecule has 1 aliphatic heterocycles. The molecule has 0 spiro atoms. The van der Waals surface area contributed by atoms with Crippen molar-refractivity contribution >= 4 is 11.7 Å². The van der Waals surface area contributed by atoms with E-state index in [4.69, 9.17) is 0 Å². The molecule has 0 bridgehead atoms. The van der Waals surface area contributed by atoms with E-state index in [1.807, 2.05) is 7.05 Å². The topological polar surface area (TPSA) is 46.9 Å². The van der Waals surface area contributed by atoms with Gasteiger partial charge in [-0.15, -0.1) is 0 Å². The number of amides is 1. The molecule has 21 heavy (non-hydrogen) atoms. The largest absolute Gasteiger partial charge is 0.311 e. The minimum Gasteiger partial charge on any atom is -0.311 e. The van der Waals surface area contributed by atoms with E-state index in [2.05, 4.69) is 55.5 Å². The van der Waals surface area contributed by atoms with Gasteiger partial charge in [0, 0.05) is 24.9 Å². The van der Waals surface area contributed by atoms with Crippen molar-refractivity contribution in [3.8, 4) is 0 Å². The van der Waals surface area contributed by atoms with Crippen LogP contribution in [-0.4, -0.2) is 15.7 Å². The highest BCUT2D eigenvalue weighted by Gasteiger charge is 2.33. The summed E-state index contributed by atoms with van der Waals surface area (Å²) in [6.45, 7) is 6.36. The Labute approximate surface area is 125 Å². The van der Waals surface area contributed by atoms with Crippen LogP contribution in [0.5, 0.6) is 0 Å². The molecule has 1 N–H and O–H groups in total. The van der Waals surface area contributed by atoms with Crippen LogP contribution in [0.3, 0.4) is 0 Å². The van der Waals surface area contributed by atoms with Crippen molar-refractivity contribution in [2.45, 2.75) is 39.0 Å². The van der Waals surface area contributed by atoms with E-state index in [9.17, 15) is 4.79 Å².